The minimum atomic E-state index is -3.93. The van der Waals surface area contributed by atoms with Crippen LogP contribution in [0.1, 0.15) is 27.2 Å². The van der Waals surface area contributed by atoms with E-state index in [-0.39, 0.29) is 35.0 Å². The van der Waals surface area contributed by atoms with Crippen LogP contribution in [0.5, 0.6) is 11.5 Å². The number of rotatable bonds is 9. The quantitative estimate of drug-likeness (QED) is 0.483. The van der Waals surface area contributed by atoms with Crippen molar-refractivity contribution < 1.29 is 36.6 Å². The normalized spacial score (nSPS) is 11.5. The molecule has 0 aliphatic rings. The molecule has 0 atom stereocenters. The van der Waals surface area contributed by atoms with Crippen LogP contribution in [0.3, 0.4) is 0 Å². The highest BCUT2D eigenvalue weighted by Gasteiger charge is 2.19. The molecule has 34 heavy (non-hydrogen) atoms. The molecular weight excluding hydrogens is 469 g/mol. The fraction of sp³-hybridized carbons (Fsp3) is 0.364. The number of benzene rings is 2. The molecular formula is C22H28FN3O7S. The van der Waals surface area contributed by atoms with Crippen molar-refractivity contribution >= 4 is 33.4 Å². The number of ether oxygens (including phenoxy) is 3. The predicted molar refractivity (Wildman–Crippen MR) is 124 cm³/mol. The molecule has 0 saturated carbocycles. The van der Waals surface area contributed by atoms with Crippen molar-refractivity contribution in [2.45, 2.75) is 37.7 Å². The molecule has 0 aromatic heterocycles. The van der Waals surface area contributed by atoms with Gasteiger partial charge in [0.1, 0.15) is 11.4 Å². The van der Waals surface area contributed by atoms with Gasteiger partial charge in [-0.2, -0.15) is 0 Å². The number of sulfonamides is 1. The van der Waals surface area contributed by atoms with Crippen molar-refractivity contribution in [3.05, 3.63) is 42.2 Å². The zero-order chi connectivity index (χ0) is 25.5. The van der Waals surface area contributed by atoms with Crippen LogP contribution in [0, 0.1) is 5.82 Å². The van der Waals surface area contributed by atoms with Crippen molar-refractivity contribution in [3.8, 4) is 11.5 Å². The van der Waals surface area contributed by atoms with Crippen LogP contribution in [-0.2, 0) is 19.6 Å². The molecule has 10 nitrogen and oxygen atoms in total. The zero-order valence-electron chi connectivity index (χ0n) is 19.5. The van der Waals surface area contributed by atoms with E-state index in [1.807, 2.05) is 0 Å². The smallest absolute Gasteiger partial charge is 0.412 e. The van der Waals surface area contributed by atoms with Gasteiger partial charge in [-0.25, -0.2) is 22.3 Å². The molecule has 3 N–H and O–H groups in total. The molecule has 0 saturated heterocycles. The van der Waals surface area contributed by atoms with E-state index in [0.717, 1.165) is 12.1 Å². The Balaban J connectivity index is 2.01. The molecule has 12 heteroatoms. The van der Waals surface area contributed by atoms with Gasteiger partial charge >= 0.3 is 6.09 Å². The number of anilines is 2. The summed E-state index contributed by atoms with van der Waals surface area (Å²) in [6.45, 7) is 4.82. The van der Waals surface area contributed by atoms with Crippen LogP contribution in [0.15, 0.2) is 41.3 Å². The van der Waals surface area contributed by atoms with Gasteiger partial charge < -0.3 is 19.5 Å². The van der Waals surface area contributed by atoms with Crippen LogP contribution < -0.4 is 24.8 Å². The lowest BCUT2D eigenvalue weighted by Crippen LogP contribution is -2.29. The molecule has 0 unspecified atom stereocenters. The van der Waals surface area contributed by atoms with Gasteiger partial charge in [0.15, 0.2) is 11.5 Å². The summed E-state index contributed by atoms with van der Waals surface area (Å²) in [5.74, 6) is -0.641. The van der Waals surface area contributed by atoms with Crippen LogP contribution in [0.4, 0.5) is 20.6 Å². The van der Waals surface area contributed by atoms with Gasteiger partial charge in [0.05, 0.1) is 30.5 Å². The molecule has 0 aliphatic carbocycles. The van der Waals surface area contributed by atoms with Crippen molar-refractivity contribution in [1.29, 1.82) is 0 Å². The molecule has 2 aromatic rings. The fourth-order valence-corrected chi connectivity index (χ4v) is 3.77. The Morgan fingerprint density at radius 2 is 1.62 bits per heavy atom. The first kappa shape index (κ1) is 26.9. The largest absolute Gasteiger partial charge is 0.493 e. The molecule has 186 valence electrons. The van der Waals surface area contributed by atoms with Gasteiger partial charge in [0.25, 0.3) is 0 Å². The van der Waals surface area contributed by atoms with Gasteiger partial charge in [-0.15, -0.1) is 0 Å². The Morgan fingerprint density at radius 3 is 2.24 bits per heavy atom. The minimum Gasteiger partial charge on any atom is -0.493 e. The lowest BCUT2D eigenvalue weighted by atomic mass is 10.2. The van der Waals surface area contributed by atoms with Crippen molar-refractivity contribution in [2.24, 2.45) is 0 Å². The molecule has 2 rings (SSSR count). The Bertz CT molecular complexity index is 1150. The van der Waals surface area contributed by atoms with Gasteiger partial charge in [-0.1, -0.05) is 0 Å². The molecule has 0 radical (unpaired) electrons. The third-order valence-electron chi connectivity index (χ3n) is 4.20. The van der Waals surface area contributed by atoms with Gasteiger partial charge in [-0.3, -0.25) is 10.1 Å². The highest BCUT2D eigenvalue weighted by molar-refractivity contribution is 7.89. The topological polar surface area (TPSA) is 132 Å². The third kappa shape index (κ3) is 7.89. The summed E-state index contributed by atoms with van der Waals surface area (Å²) in [7, 11) is -1.13. The van der Waals surface area contributed by atoms with Crippen LogP contribution in [0.2, 0.25) is 0 Å². The first-order valence-electron chi connectivity index (χ1n) is 10.2. The molecule has 2 aromatic carbocycles. The van der Waals surface area contributed by atoms with E-state index in [4.69, 9.17) is 14.2 Å². The molecule has 0 heterocycles. The van der Waals surface area contributed by atoms with E-state index < -0.39 is 33.4 Å². The SMILES string of the molecule is COc1ccc(S(=O)(=O)NCCC(=O)Nc2cc(F)ccc2NC(=O)OC(C)(C)C)cc1OC. The van der Waals surface area contributed by atoms with Gasteiger partial charge in [0.2, 0.25) is 15.9 Å². The molecule has 0 aliphatic heterocycles. The monoisotopic (exact) mass is 497 g/mol. The highest BCUT2D eigenvalue weighted by Crippen LogP contribution is 2.29. The van der Waals surface area contributed by atoms with Gasteiger partial charge in [-0.05, 0) is 51.1 Å². The first-order valence-corrected chi connectivity index (χ1v) is 11.6. The standard InChI is InChI=1S/C22H28FN3O7S/c1-22(2,3)33-21(28)26-16-8-6-14(23)12-17(16)25-20(27)10-11-24-34(29,30)15-7-9-18(31-4)19(13-15)32-5/h6-9,12-13,24H,10-11H2,1-5H3,(H,25,27)(H,26,28). The molecule has 0 fully saturated rings. The summed E-state index contributed by atoms with van der Waals surface area (Å²) < 4.78 is 56.4. The first-order chi connectivity index (χ1) is 15.8. The number of amides is 2. The number of nitrogens with one attached hydrogen (secondary N) is 3. The maximum Gasteiger partial charge on any atom is 0.412 e. The Labute approximate surface area is 197 Å². The Kier molecular flexibility index (Phi) is 8.82. The second-order valence-electron chi connectivity index (χ2n) is 8.03. The average molecular weight is 498 g/mol. The van der Waals surface area contributed by atoms with Crippen molar-refractivity contribution in [2.75, 3.05) is 31.4 Å². The molecule has 0 bridgehead atoms. The number of carbonyl (C=O) groups excluding carboxylic acids is 2. The molecule has 0 spiro atoms. The lowest BCUT2D eigenvalue weighted by Gasteiger charge is -2.20. The second kappa shape index (κ2) is 11.2. The van der Waals surface area contributed by atoms with Crippen LogP contribution >= 0.6 is 0 Å². The van der Waals surface area contributed by atoms with E-state index in [2.05, 4.69) is 15.4 Å². The summed E-state index contributed by atoms with van der Waals surface area (Å²) >= 11 is 0. The van der Waals surface area contributed by atoms with E-state index in [0.29, 0.717) is 5.75 Å². The number of halogens is 1. The zero-order valence-corrected chi connectivity index (χ0v) is 20.3. The summed E-state index contributed by atoms with van der Waals surface area (Å²) in [4.78, 5) is 24.3. The minimum absolute atomic E-state index is 0.00129. The van der Waals surface area contributed by atoms with Crippen molar-refractivity contribution in [1.82, 2.24) is 4.72 Å². The Hall–Kier alpha value is -3.38. The summed E-state index contributed by atoms with van der Waals surface area (Å²) in [5, 5.41) is 4.90. The van der Waals surface area contributed by atoms with Crippen molar-refractivity contribution in [3.63, 3.8) is 0 Å². The van der Waals surface area contributed by atoms with E-state index >= 15 is 0 Å². The van der Waals surface area contributed by atoms with Gasteiger partial charge in [0, 0.05) is 19.0 Å². The maximum absolute atomic E-state index is 13.7. The van der Waals surface area contributed by atoms with E-state index in [1.54, 1.807) is 20.8 Å². The fourth-order valence-electron chi connectivity index (χ4n) is 2.72. The van der Waals surface area contributed by atoms with Crippen LogP contribution in [-0.4, -0.2) is 46.8 Å². The number of carbonyl (C=O) groups is 2. The number of hydrogen-bond acceptors (Lipinski definition) is 7. The number of hydrogen-bond donors (Lipinski definition) is 3. The molecule has 2 amide bonds. The maximum atomic E-state index is 13.7. The van der Waals surface area contributed by atoms with E-state index in [1.165, 1.54) is 38.5 Å². The number of methoxy groups -OCH3 is 2. The van der Waals surface area contributed by atoms with Crippen LogP contribution in [0.25, 0.3) is 0 Å². The second-order valence-corrected chi connectivity index (χ2v) is 9.80. The summed E-state index contributed by atoms with van der Waals surface area (Å²) in [6.07, 6.45) is -1.04. The summed E-state index contributed by atoms with van der Waals surface area (Å²) in [6, 6.07) is 7.49. The highest BCUT2D eigenvalue weighted by atomic mass is 32.2. The summed E-state index contributed by atoms with van der Waals surface area (Å²) in [5.41, 5.74) is -0.632. The van der Waals surface area contributed by atoms with E-state index in [9.17, 15) is 22.4 Å². The predicted octanol–water partition coefficient (Wildman–Crippen LogP) is 3.50. The third-order valence-corrected chi connectivity index (χ3v) is 5.66. The lowest BCUT2D eigenvalue weighted by molar-refractivity contribution is -0.116. The Morgan fingerprint density at radius 1 is 0.941 bits per heavy atom. The average Bonchev–Trinajstić information content (AvgIpc) is 2.73.